The molecule has 0 saturated carbocycles. The highest BCUT2D eigenvalue weighted by Gasteiger charge is 2.13. The van der Waals surface area contributed by atoms with Crippen molar-refractivity contribution in [2.24, 2.45) is 0 Å². The van der Waals surface area contributed by atoms with E-state index in [0.717, 1.165) is 3.57 Å². The van der Waals surface area contributed by atoms with Crippen molar-refractivity contribution in [1.82, 2.24) is 9.38 Å². The maximum Gasteiger partial charge on any atom is 0.181 e. The molecule has 0 spiro atoms. The van der Waals surface area contributed by atoms with Crippen molar-refractivity contribution in [3.8, 4) is 0 Å². The highest BCUT2D eigenvalue weighted by Crippen LogP contribution is 2.19. The molecule has 2 aromatic rings. The van der Waals surface area contributed by atoms with Gasteiger partial charge in [-0.1, -0.05) is 11.6 Å². The Hall–Kier alpha value is -0.620. The van der Waals surface area contributed by atoms with Crippen molar-refractivity contribution in [2.75, 3.05) is 0 Å². The molecule has 0 unspecified atom stereocenters. The zero-order valence-electron chi connectivity index (χ0n) is 7.29. The number of hydrogen-bond acceptors (Lipinski definition) is 2. The fourth-order valence-corrected chi connectivity index (χ4v) is 1.98. The Kier molecular flexibility index (Phi) is 2.48. The maximum atomic E-state index is 11.2. The zero-order valence-corrected chi connectivity index (χ0v) is 10.2. The summed E-state index contributed by atoms with van der Waals surface area (Å²) in [6, 6.07) is 3.75. The van der Waals surface area contributed by atoms with E-state index in [9.17, 15) is 4.79 Å². The molecule has 5 heteroatoms. The Morgan fingerprint density at radius 1 is 1.57 bits per heavy atom. The van der Waals surface area contributed by atoms with Crippen LogP contribution in [-0.4, -0.2) is 15.2 Å². The summed E-state index contributed by atoms with van der Waals surface area (Å²) in [5.74, 6) is -0.117. The van der Waals surface area contributed by atoms with Crippen LogP contribution in [0.1, 0.15) is 17.4 Å². The van der Waals surface area contributed by atoms with E-state index in [1.54, 1.807) is 4.40 Å². The number of halogens is 2. The fraction of sp³-hybridized carbons (Fsp3) is 0.111. The van der Waals surface area contributed by atoms with Crippen molar-refractivity contribution < 1.29 is 4.79 Å². The number of ketones is 1. The minimum Gasteiger partial charge on any atom is -0.293 e. The van der Waals surface area contributed by atoms with Crippen molar-refractivity contribution in [3.63, 3.8) is 0 Å². The fourth-order valence-electron chi connectivity index (χ4n) is 1.21. The summed E-state index contributed by atoms with van der Waals surface area (Å²) >= 11 is 8.18. The summed E-state index contributed by atoms with van der Waals surface area (Å²) in [7, 11) is 0. The summed E-state index contributed by atoms with van der Waals surface area (Å²) in [6.07, 6.45) is 1.84. The van der Waals surface area contributed by atoms with Crippen LogP contribution in [-0.2, 0) is 0 Å². The van der Waals surface area contributed by atoms with E-state index in [2.05, 4.69) is 27.6 Å². The average molecular weight is 321 g/mol. The number of fused-ring (bicyclic) bond motifs is 1. The SMILES string of the molecule is CC(=O)c1nc2ccc(I)cn2c1Cl. The molecule has 2 rings (SSSR count). The van der Waals surface area contributed by atoms with Gasteiger partial charge in [-0.2, -0.15) is 0 Å². The molecule has 0 amide bonds. The first-order valence-electron chi connectivity index (χ1n) is 3.93. The van der Waals surface area contributed by atoms with Crippen LogP contribution in [0.5, 0.6) is 0 Å². The summed E-state index contributed by atoms with van der Waals surface area (Å²) in [4.78, 5) is 15.3. The molecule has 0 N–H and O–H groups in total. The van der Waals surface area contributed by atoms with Crippen LogP contribution in [0.3, 0.4) is 0 Å². The molecular weight excluding hydrogens is 314 g/mol. The van der Waals surface area contributed by atoms with E-state index < -0.39 is 0 Å². The summed E-state index contributed by atoms with van der Waals surface area (Å²) in [5.41, 5.74) is 1.02. The lowest BCUT2D eigenvalue weighted by atomic mass is 10.3. The van der Waals surface area contributed by atoms with Crippen LogP contribution in [0.25, 0.3) is 5.65 Å². The molecule has 0 aromatic carbocycles. The third-order valence-corrected chi connectivity index (χ3v) is 2.86. The van der Waals surface area contributed by atoms with Gasteiger partial charge in [0.15, 0.2) is 5.78 Å². The predicted octanol–water partition coefficient (Wildman–Crippen LogP) is 2.79. The first-order chi connectivity index (χ1) is 6.59. The van der Waals surface area contributed by atoms with Crippen molar-refractivity contribution in [2.45, 2.75) is 6.92 Å². The van der Waals surface area contributed by atoms with E-state index in [4.69, 9.17) is 11.6 Å². The second kappa shape index (κ2) is 3.51. The van der Waals surface area contributed by atoms with Crippen LogP contribution in [0.2, 0.25) is 5.15 Å². The molecule has 0 aliphatic heterocycles. The van der Waals surface area contributed by atoms with Crippen molar-refractivity contribution >= 4 is 45.6 Å². The van der Waals surface area contributed by atoms with Crippen molar-refractivity contribution in [1.29, 1.82) is 0 Å². The molecule has 0 saturated heterocycles. The number of nitrogens with zero attached hydrogens (tertiary/aromatic N) is 2. The molecular formula is C9H6ClIN2O. The number of carbonyl (C=O) groups excluding carboxylic acids is 1. The Morgan fingerprint density at radius 2 is 2.29 bits per heavy atom. The summed E-state index contributed by atoms with van der Waals surface area (Å²) in [5, 5.41) is 0.381. The minimum atomic E-state index is -0.117. The topological polar surface area (TPSA) is 34.4 Å². The molecule has 3 nitrogen and oxygen atoms in total. The quantitative estimate of drug-likeness (QED) is 0.598. The molecule has 2 heterocycles. The van der Waals surface area contributed by atoms with Crippen LogP contribution < -0.4 is 0 Å². The monoisotopic (exact) mass is 320 g/mol. The van der Waals surface area contributed by atoms with Crippen LogP contribution in [0, 0.1) is 3.57 Å². The number of hydrogen-bond donors (Lipinski definition) is 0. The van der Waals surface area contributed by atoms with Crippen molar-refractivity contribution in [3.05, 3.63) is 32.7 Å². The number of pyridine rings is 1. The van der Waals surface area contributed by atoms with Gasteiger partial charge in [-0.3, -0.25) is 9.20 Å². The molecule has 0 aliphatic rings. The van der Waals surface area contributed by atoms with Crippen LogP contribution in [0.15, 0.2) is 18.3 Å². The van der Waals surface area contributed by atoms with Crippen LogP contribution in [0.4, 0.5) is 0 Å². The van der Waals surface area contributed by atoms with E-state index in [0.29, 0.717) is 16.5 Å². The first-order valence-corrected chi connectivity index (χ1v) is 5.39. The highest BCUT2D eigenvalue weighted by atomic mass is 127. The second-order valence-electron chi connectivity index (χ2n) is 2.88. The van der Waals surface area contributed by atoms with Gasteiger partial charge in [0.2, 0.25) is 0 Å². The normalized spacial score (nSPS) is 10.8. The Morgan fingerprint density at radius 3 is 2.93 bits per heavy atom. The second-order valence-corrected chi connectivity index (χ2v) is 4.49. The molecule has 72 valence electrons. The van der Waals surface area contributed by atoms with Gasteiger partial charge in [0, 0.05) is 16.7 Å². The molecule has 0 atom stereocenters. The third kappa shape index (κ3) is 1.52. The number of carbonyl (C=O) groups is 1. The largest absolute Gasteiger partial charge is 0.293 e. The van der Waals surface area contributed by atoms with Gasteiger partial charge >= 0.3 is 0 Å². The molecule has 0 aliphatic carbocycles. The molecule has 0 bridgehead atoms. The number of rotatable bonds is 1. The van der Waals surface area contributed by atoms with Crippen LogP contribution >= 0.6 is 34.2 Å². The Balaban J connectivity index is 2.80. The first kappa shape index (κ1) is 9.92. The predicted molar refractivity (Wildman–Crippen MR) is 62.9 cm³/mol. The average Bonchev–Trinajstić information content (AvgIpc) is 2.44. The van der Waals surface area contributed by atoms with Gasteiger partial charge in [0.05, 0.1) is 0 Å². The zero-order chi connectivity index (χ0) is 10.3. The van der Waals surface area contributed by atoms with E-state index >= 15 is 0 Å². The number of aromatic nitrogens is 2. The molecule has 14 heavy (non-hydrogen) atoms. The smallest absolute Gasteiger partial charge is 0.181 e. The maximum absolute atomic E-state index is 11.2. The van der Waals surface area contributed by atoms with E-state index in [1.807, 2.05) is 18.3 Å². The Labute approximate surface area is 99.2 Å². The van der Waals surface area contributed by atoms with E-state index in [1.165, 1.54) is 6.92 Å². The molecule has 0 fully saturated rings. The lowest BCUT2D eigenvalue weighted by molar-refractivity contribution is 0.101. The van der Waals surface area contributed by atoms with Gasteiger partial charge < -0.3 is 0 Å². The number of Topliss-reactive ketones (excluding diaryl/α,β-unsaturated/α-hetero) is 1. The van der Waals surface area contributed by atoms with Gasteiger partial charge in [-0.25, -0.2) is 4.98 Å². The standard InChI is InChI=1S/C9H6ClIN2O/c1-5(14)8-9(10)13-4-6(11)2-3-7(13)12-8/h2-4H,1H3. The lowest BCUT2D eigenvalue weighted by Gasteiger charge is -1.94. The minimum absolute atomic E-state index is 0.117. The molecule has 2 aromatic heterocycles. The van der Waals surface area contributed by atoms with Gasteiger partial charge in [0.25, 0.3) is 0 Å². The van der Waals surface area contributed by atoms with E-state index in [-0.39, 0.29) is 5.78 Å². The summed E-state index contributed by atoms with van der Waals surface area (Å²) < 4.78 is 2.75. The number of imidazole rings is 1. The Bertz CT molecular complexity index is 521. The third-order valence-electron chi connectivity index (χ3n) is 1.86. The lowest BCUT2D eigenvalue weighted by Crippen LogP contribution is -1.92. The van der Waals surface area contributed by atoms with Gasteiger partial charge in [-0.05, 0) is 34.7 Å². The van der Waals surface area contributed by atoms with Gasteiger partial charge in [0.1, 0.15) is 16.5 Å². The van der Waals surface area contributed by atoms with Gasteiger partial charge in [-0.15, -0.1) is 0 Å². The molecule has 0 radical (unpaired) electrons. The highest BCUT2D eigenvalue weighted by molar-refractivity contribution is 14.1. The summed E-state index contributed by atoms with van der Waals surface area (Å²) in [6.45, 7) is 1.46.